The van der Waals surface area contributed by atoms with E-state index in [-0.39, 0.29) is 5.75 Å². The quantitative estimate of drug-likeness (QED) is 0.561. The number of nitrogens with zero attached hydrogens (tertiary/aromatic N) is 1. The first-order valence-corrected chi connectivity index (χ1v) is 4.81. The number of rotatable bonds is 0. The average Bonchev–Trinajstić information content (AvgIpc) is 2.26. The lowest BCUT2D eigenvalue weighted by Gasteiger charge is -2.05. The van der Waals surface area contributed by atoms with Gasteiger partial charge in [-0.3, -0.25) is 0 Å². The number of benzene rings is 2. The monoisotopic (exact) mass is 212 g/mol. The predicted molar refractivity (Wildman–Crippen MR) is 58.2 cm³/mol. The summed E-state index contributed by atoms with van der Waals surface area (Å²) in [5.74, 6) is 0.685. The molecule has 3 rings (SSSR count). The number of aromatic hydroxyl groups is 1. The normalized spacial score (nSPS) is 11.0. The molecule has 0 amide bonds. The Morgan fingerprint density at radius 3 is 2.88 bits per heavy atom. The lowest BCUT2D eigenvalue weighted by atomic mass is 10.2. The fourth-order valence-electron chi connectivity index (χ4n) is 1.61. The van der Waals surface area contributed by atoms with Crippen molar-refractivity contribution < 1.29 is 9.52 Å². The third-order valence-corrected chi connectivity index (χ3v) is 2.36. The molecule has 0 radical (unpaired) electrons. The Bertz CT molecular complexity index is 703. The van der Waals surface area contributed by atoms with Gasteiger partial charge in [-0.05, 0) is 24.3 Å². The van der Waals surface area contributed by atoms with Crippen LogP contribution in [0.2, 0.25) is 0 Å². The smallest absolute Gasteiger partial charge is 0.156 e. The molecule has 0 aromatic heterocycles. The van der Waals surface area contributed by atoms with E-state index in [4.69, 9.17) is 9.83 Å². The van der Waals surface area contributed by atoms with Crippen LogP contribution in [0.5, 0.6) is 5.75 Å². The molecule has 4 nitrogen and oxygen atoms in total. The van der Waals surface area contributed by atoms with Gasteiger partial charge in [-0.25, -0.2) is 4.98 Å². The zero-order valence-corrected chi connectivity index (χ0v) is 8.27. The molecule has 4 heteroatoms. The van der Waals surface area contributed by atoms with Crippen LogP contribution >= 0.6 is 0 Å². The number of hydrogen-bond donors (Lipinski definition) is 2. The fourth-order valence-corrected chi connectivity index (χ4v) is 1.61. The molecule has 16 heavy (non-hydrogen) atoms. The number of hydrogen-bond acceptors (Lipinski definition) is 4. The number of aromatic nitrogens is 1. The van der Waals surface area contributed by atoms with Crippen LogP contribution in [0.3, 0.4) is 0 Å². The van der Waals surface area contributed by atoms with Crippen LogP contribution in [-0.4, -0.2) is 10.1 Å². The summed E-state index contributed by atoms with van der Waals surface area (Å²) >= 11 is 0. The summed E-state index contributed by atoms with van der Waals surface area (Å²) in [7, 11) is 0. The van der Waals surface area contributed by atoms with Crippen LogP contribution in [-0.2, 0) is 0 Å². The van der Waals surface area contributed by atoms with Gasteiger partial charge in [-0.15, -0.1) is 0 Å². The molecule has 1 aromatic carbocycles. The highest BCUT2D eigenvalue weighted by molar-refractivity contribution is 5.77. The highest BCUT2D eigenvalue weighted by Crippen LogP contribution is 2.25. The van der Waals surface area contributed by atoms with E-state index in [9.17, 15) is 5.11 Å². The molecule has 1 aromatic rings. The maximum atomic E-state index is 9.33. The molecule has 0 fully saturated rings. The van der Waals surface area contributed by atoms with Gasteiger partial charge in [0.1, 0.15) is 17.0 Å². The van der Waals surface area contributed by atoms with E-state index in [0.717, 1.165) is 0 Å². The van der Waals surface area contributed by atoms with Crippen molar-refractivity contribution in [3.05, 3.63) is 41.8 Å². The second kappa shape index (κ2) is 3.06. The van der Waals surface area contributed by atoms with Gasteiger partial charge >= 0.3 is 0 Å². The maximum Gasteiger partial charge on any atom is 0.156 e. The lowest BCUT2D eigenvalue weighted by Crippen LogP contribution is -1.99. The highest BCUT2D eigenvalue weighted by Gasteiger charge is 2.08. The molecule has 0 atom stereocenters. The first-order valence-electron chi connectivity index (χ1n) is 4.81. The largest absolute Gasteiger partial charge is 0.508 e. The van der Waals surface area contributed by atoms with Crippen molar-refractivity contribution >= 4 is 11.1 Å². The van der Waals surface area contributed by atoms with Crippen molar-refractivity contribution in [2.45, 2.75) is 0 Å². The van der Waals surface area contributed by atoms with Gasteiger partial charge < -0.3 is 14.9 Å². The Morgan fingerprint density at radius 1 is 1.12 bits per heavy atom. The third kappa shape index (κ3) is 1.32. The zero-order valence-electron chi connectivity index (χ0n) is 8.27. The van der Waals surface area contributed by atoms with Crippen LogP contribution in [0.15, 0.2) is 40.8 Å². The van der Waals surface area contributed by atoms with Crippen molar-refractivity contribution in [3.63, 3.8) is 0 Å². The summed E-state index contributed by atoms with van der Waals surface area (Å²) in [4.78, 5) is 4.37. The summed E-state index contributed by atoms with van der Waals surface area (Å²) < 4.78 is 5.57. The molecule has 2 N–H and O–H groups in total. The number of phenolic OH excluding ortho intramolecular Hbond substituents is 1. The van der Waals surface area contributed by atoms with E-state index in [2.05, 4.69) is 4.98 Å². The highest BCUT2D eigenvalue weighted by atomic mass is 16.3. The molecule has 1 heterocycles. The van der Waals surface area contributed by atoms with Gasteiger partial charge in [0.15, 0.2) is 11.3 Å². The van der Waals surface area contributed by atoms with Crippen LogP contribution in [0, 0.1) is 5.41 Å². The van der Waals surface area contributed by atoms with Crippen molar-refractivity contribution in [2.24, 2.45) is 0 Å². The van der Waals surface area contributed by atoms with Gasteiger partial charge in [-0.2, -0.15) is 0 Å². The number of phenols is 1. The van der Waals surface area contributed by atoms with Gasteiger partial charge in [0, 0.05) is 12.1 Å². The minimum atomic E-state index is 0.138. The van der Waals surface area contributed by atoms with E-state index < -0.39 is 0 Å². The Morgan fingerprint density at radius 2 is 2.00 bits per heavy atom. The van der Waals surface area contributed by atoms with Crippen molar-refractivity contribution in [1.29, 1.82) is 5.41 Å². The summed E-state index contributed by atoms with van der Waals surface area (Å²) in [5.41, 5.74) is 1.90. The van der Waals surface area contributed by atoms with E-state index in [1.165, 1.54) is 6.07 Å². The first-order chi connectivity index (χ1) is 7.72. The Kier molecular flexibility index (Phi) is 1.71. The molecule has 2 aliphatic rings. The molecular weight excluding hydrogens is 204 g/mol. The molecule has 0 spiro atoms. The van der Waals surface area contributed by atoms with Crippen LogP contribution in [0.4, 0.5) is 0 Å². The molecule has 1 aliphatic carbocycles. The third-order valence-electron chi connectivity index (χ3n) is 2.36. The van der Waals surface area contributed by atoms with Crippen molar-refractivity contribution in [3.8, 4) is 17.2 Å². The van der Waals surface area contributed by atoms with Gasteiger partial charge in [-0.1, -0.05) is 0 Å². The Labute approximate surface area is 90.7 Å². The molecule has 0 bridgehead atoms. The molecule has 1 aliphatic heterocycles. The summed E-state index contributed by atoms with van der Waals surface area (Å²) in [6.45, 7) is 0. The lowest BCUT2D eigenvalue weighted by molar-refractivity contribution is 0.474. The van der Waals surface area contributed by atoms with E-state index >= 15 is 0 Å². The molecular formula is C12H8N2O2. The van der Waals surface area contributed by atoms with Crippen molar-refractivity contribution in [2.75, 3.05) is 0 Å². The van der Waals surface area contributed by atoms with Crippen LogP contribution < -0.4 is 5.36 Å². The zero-order chi connectivity index (χ0) is 11.1. The Hall–Kier alpha value is -2.36. The van der Waals surface area contributed by atoms with Gasteiger partial charge in [0.25, 0.3) is 0 Å². The minimum absolute atomic E-state index is 0.138. The van der Waals surface area contributed by atoms with Crippen molar-refractivity contribution in [1.82, 2.24) is 4.98 Å². The summed E-state index contributed by atoms with van der Waals surface area (Å²) in [6.07, 6.45) is 0. The van der Waals surface area contributed by atoms with E-state index in [1.54, 1.807) is 30.3 Å². The second-order valence-corrected chi connectivity index (χ2v) is 3.55. The van der Waals surface area contributed by atoms with Crippen LogP contribution in [0.1, 0.15) is 0 Å². The maximum absolute atomic E-state index is 9.33. The van der Waals surface area contributed by atoms with E-state index in [1.807, 2.05) is 0 Å². The number of nitrogens with one attached hydrogen (secondary N) is 1. The predicted octanol–water partition coefficient (Wildman–Crippen LogP) is 2.12. The van der Waals surface area contributed by atoms with Gasteiger partial charge in [0.2, 0.25) is 0 Å². The first kappa shape index (κ1) is 8.91. The Balaban J connectivity index is 2.46. The summed E-state index contributed by atoms with van der Waals surface area (Å²) in [6, 6.07) is 9.78. The fraction of sp³-hybridized carbons (Fsp3) is 0. The van der Waals surface area contributed by atoms with Gasteiger partial charge in [0.05, 0.1) is 5.36 Å². The standard InChI is InChI=1S/C12H8N2O2/c13-7-1-3-9-11(5-7)16-12-6-8(15)2-4-10(12)14-9/h1-6,13,15H. The summed E-state index contributed by atoms with van der Waals surface area (Å²) in [5, 5.41) is 17.2. The van der Waals surface area contributed by atoms with E-state index in [0.29, 0.717) is 27.9 Å². The molecule has 0 saturated carbocycles. The molecule has 0 unspecified atom stereocenters. The molecule has 0 saturated heterocycles. The minimum Gasteiger partial charge on any atom is -0.508 e. The SMILES string of the molecule is N=c1ccc2nc3ccc(O)cc3oc-2c1. The second-order valence-electron chi connectivity index (χ2n) is 3.55. The molecule has 78 valence electrons. The topological polar surface area (TPSA) is 70.1 Å². The van der Waals surface area contributed by atoms with Crippen LogP contribution in [0.25, 0.3) is 22.6 Å². The number of fused-ring (bicyclic) bond motifs is 2. The average molecular weight is 212 g/mol.